The fraction of sp³-hybridized carbons (Fsp3) is 0.167. The summed E-state index contributed by atoms with van der Waals surface area (Å²) in [6, 6.07) is 11.1. The summed E-state index contributed by atoms with van der Waals surface area (Å²) in [6.45, 7) is 0.763. The predicted molar refractivity (Wildman–Crippen MR) is 87.7 cm³/mol. The molecule has 2 aromatic carbocycles. The van der Waals surface area contributed by atoms with Crippen LogP contribution in [0.4, 0.5) is 14.6 Å². The van der Waals surface area contributed by atoms with Crippen LogP contribution in [0, 0.1) is 11.6 Å². The molecule has 0 saturated heterocycles. The lowest BCUT2D eigenvalue weighted by Crippen LogP contribution is -2.06. The SMILES string of the molecule is COc1ccc(-c2nn(-c3ccc(F)cc3F)c3c2CCN3)cc1. The molecule has 0 fully saturated rings. The molecule has 4 nitrogen and oxygen atoms in total. The zero-order valence-electron chi connectivity index (χ0n) is 13.0. The van der Waals surface area contributed by atoms with Gasteiger partial charge in [0.2, 0.25) is 0 Å². The van der Waals surface area contributed by atoms with E-state index in [0.717, 1.165) is 47.4 Å². The van der Waals surface area contributed by atoms with Crippen LogP contribution in [0.2, 0.25) is 0 Å². The number of methoxy groups -OCH3 is 1. The smallest absolute Gasteiger partial charge is 0.151 e. The van der Waals surface area contributed by atoms with Gasteiger partial charge in [-0.3, -0.25) is 0 Å². The highest BCUT2D eigenvalue weighted by Gasteiger charge is 2.25. The van der Waals surface area contributed by atoms with Crippen molar-refractivity contribution in [1.29, 1.82) is 0 Å². The lowest BCUT2D eigenvalue weighted by molar-refractivity contribution is 0.415. The van der Waals surface area contributed by atoms with Gasteiger partial charge in [-0.1, -0.05) is 0 Å². The fourth-order valence-electron chi connectivity index (χ4n) is 2.98. The number of benzene rings is 2. The van der Waals surface area contributed by atoms with Crippen molar-refractivity contribution in [2.24, 2.45) is 0 Å². The van der Waals surface area contributed by atoms with Gasteiger partial charge in [0.25, 0.3) is 0 Å². The summed E-state index contributed by atoms with van der Waals surface area (Å²) in [5, 5.41) is 7.81. The van der Waals surface area contributed by atoms with Gasteiger partial charge in [-0.2, -0.15) is 5.10 Å². The number of rotatable bonds is 3. The standard InChI is InChI=1S/C18H15F2N3O/c1-24-13-5-2-11(3-6-13)17-14-8-9-21-18(14)23(22-17)16-7-4-12(19)10-15(16)20/h2-7,10,21H,8-9H2,1H3. The molecule has 1 aliphatic heterocycles. The van der Waals surface area contributed by atoms with Crippen molar-refractivity contribution >= 4 is 5.82 Å². The molecule has 0 radical (unpaired) electrons. The maximum Gasteiger partial charge on any atom is 0.151 e. The fourth-order valence-corrected chi connectivity index (χ4v) is 2.98. The molecular formula is C18H15F2N3O. The number of aromatic nitrogens is 2. The molecule has 24 heavy (non-hydrogen) atoms. The molecule has 0 spiro atoms. The monoisotopic (exact) mass is 327 g/mol. The van der Waals surface area contributed by atoms with E-state index in [1.165, 1.54) is 16.8 Å². The van der Waals surface area contributed by atoms with Crippen LogP contribution in [-0.2, 0) is 6.42 Å². The average Bonchev–Trinajstić information content (AvgIpc) is 3.18. The summed E-state index contributed by atoms with van der Waals surface area (Å²) >= 11 is 0. The Hall–Kier alpha value is -2.89. The van der Waals surface area contributed by atoms with Crippen molar-refractivity contribution in [2.45, 2.75) is 6.42 Å². The first kappa shape index (κ1) is 14.7. The van der Waals surface area contributed by atoms with Gasteiger partial charge >= 0.3 is 0 Å². The van der Waals surface area contributed by atoms with Gasteiger partial charge in [-0.05, 0) is 42.8 Å². The van der Waals surface area contributed by atoms with E-state index in [0.29, 0.717) is 0 Å². The molecule has 1 aliphatic rings. The third kappa shape index (κ3) is 2.31. The van der Waals surface area contributed by atoms with E-state index in [2.05, 4.69) is 10.4 Å². The number of nitrogens with one attached hydrogen (secondary N) is 1. The van der Waals surface area contributed by atoms with Crippen molar-refractivity contribution in [3.05, 3.63) is 59.7 Å². The second kappa shape index (κ2) is 5.63. The molecule has 1 aromatic heterocycles. The van der Waals surface area contributed by atoms with Gasteiger partial charge in [0.15, 0.2) is 5.82 Å². The average molecular weight is 327 g/mol. The molecule has 0 saturated carbocycles. The quantitative estimate of drug-likeness (QED) is 0.795. The minimum atomic E-state index is -0.643. The molecule has 2 heterocycles. The Morgan fingerprint density at radius 1 is 1.12 bits per heavy atom. The summed E-state index contributed by atoms with van der Waals surface area (Å²) in [5.41, 5.74) is 2.98. The van der Waals surface area contributed by atoms with E-state index in [4.69, 9.17) is 4.74 Å². The molecule has 1 N–H and O–H groups in total. The number of fused-ring (bicyclic) bond motifs is 1. The van der Waals surface area contributed by atoms with Crippen LogP contribution in [0.25, 0.3) is 16.9 Å². The van der Waals surface area contributed by atoms with Gasteiger partial charge < -0.3 is 10.1 Å². The van der Waals surface area contributed by atoms with Crippen molar-refractivity contribution in [3.63, 3.8) is 0 Å². The van der Waals surface area contributed by atoms with Crippen LogP contribution < -0.4 is 10.1 Å². The number of ether oxygens (including phenoxy) is 1. The Balaban J connectivity index is 1.85. The lowest BCUT2D eigenvalue weighted by Gasteiger charge is -2.07. The van der Waals surface area contributed by atoms with Crippen LogP contribution in [0.15, 0.2) is 42.5 Å². The minimum absolute atomic E-state index is 0.224. The first-order chi connectivity index (χ1) is 11.7. The molecule has 0 bridgehead atoms. The maximum absolute atomic E-state index is 14.2. The van der Waals surface area contributed by atoms with Crippen molar-refractivity contribution in [1.82, 2.24) is 9.78 Å². The summed E-state index contributed by atoms with van der Waals surface area (Å²) in [5.74, 6) is 0.266. The highest BCUT2D eigenvalue weighted by molar-refractivity contribution is 5.73. The first-order valence-corrected chi connectivity index (χ1v) is 7.63. The van der Waals surface area contributed by atoms with Crippen LogP contribution in [0.5, 0.6) is 5.75 Å². The number of anilines is 1. The minimum Gasteiger partial charge on any atom is -0.497 e. The van der Waals surface area contributed by atoms with E-state index >= 15 is 0 Å². The van der Waals surface area contributed by atoms with Gasteiger partial charge in [-0.25, -0.2) is 13.5 Å². The van der Waals surface area contributed by atoms with Crippen molar-refractivity contribution in [2.75, 3.05) is 19.0 Å². The van der Waals surface area contributed by atoms with Gasteiger partial charge in [-0.15, -0.1) is 0 Å². The number of halogens is 2. The van der Waals surface area contributed by atoms with E-state index in [1.54, 1.807) is 7.11 Å². The Bertz CT molecular complexity index is 903. The first-order valence-electron chi connectivity index (χ1n) is 7.63. The second-order valence-electron chi connectivity index (χ2n) is 5.59. The Morgan fingerprint density at radius 2 is 1.92 bits per heavy atom. The maximum atomic E-state index is 14.2. The zero-order chi connectivity index (χ0) is 16.7. The van der Waals surface area contributed by atoms with Gasteiger partial charge in [0, 0.05) is 23.7 Å². The summed E-state index contributed by atoms with van der Waals surface area (Å²) in [4.78, 5) is 0. The number of hydrogen-bond donors (Lipinski definition) is 1. The van der Waals surface area contributed by atoms with Crippen LogP contribution in [0.1, 0.15) is 5.56 Å². The van der Waals surface area contributed by atoms with Crippen molar-refractivity contribution < 1.29 is 13.5 Å². The van der Waals surface area contributed by atoms with E-state index in [9.17, 15) is 8.78 Å². The topological polar surface area (TPSA) is 39.1 Å². The van der Waals surface area contributed by atoms with Crippen molar-refractivity contribution in [3.8, 4) is 22.7 Å². The van der Waals surface area contributed by atoms with E-state index in [-0.39, 0.29) is 5.69 Å². The zero-order valence-corrected chi connectivity index (χ0v) is 13.0. The summed E-state index contributed by atoms with van der Waals surface area (Å²) in [7, 11) is 1.61. The Labute approximate surface area is 137 Å². The lowest BCUT2D eigenvalue weighted by atomic mass is 10.1. The number of hydrogen-bond acceptors (Lipinski definition) is 3. The molecule has 0 unspecified atom stereocenters. The molecule has 3 aromatic rings. The highest BCUT2D eigenvalue weighted by Crippen LogP contribution is 2.35. The van der Waals surface area contributed by atoms with Crippen LogP contribution in [-0.4, -0.2) is 23.4 Å². The molecule has 4 rings (SSSR count). The van der Waals surface area contributed by atoms with Crippen LogP contribution >= 0.6 is 0 Å². The molecule has 122 valence electrons. The highest BCUT2D eigenvalue weighted by atomic mass is 19.1. The Kier molecular flexibility index (Phi) is 3.45. The molecular weight excluding hydrogens is 312 g/mol. The third-order valence-electron chi connectivity index (χ3n) is 4.15. The third-order valence-corrected chi connectivity index (χ3v) is 4.15. The molecule has 6 heteroatoms. The molecule has 0 aliphatic carbocycles. The van der Waals surface area contributed by atoms with E-state index in [1.807, 2.05) is 24.3 Å². The molecule has 0 atom stereocenters. The Morgan fingerprint density at radius 3 is 2.62 bits per heavy atom. The number of nitrogens with zero attached hydrogens (tertiary/aromatic N) is 2. The summed E-state index contributed by atoms with van der Waals surface area (Å²) in [6.07, 6.45) is 0.805. The molecule has 0 amide bonds. The van der Waals surface area contributed by atoms with Crippen LogP contribution in [0.3, 0.4) is 0 Å². The largest absolute Gasteiger partial charge is 0.497 e. The van der Waals surface area contributed by atoms with E-state index < -0.39 is 11.6 Å². The van der Waals surface area contributed by atoms with Gasteiger partial charge in [0.1, 0.15) is 23.1 Å². The summed E-state index contributed by atoms with van der Waals surface area (Å²) < 4.78 is 34.0. The van der Waals surface area contributed by atoms with Gasteiger partial charge in [0.05, 0.1) is 12.8 Å². The second-order valence-corrected chi connectivity index (χ2v) is 5.59. The normalized spacial score (nSPS) is 12.8. The predicted octanol–water partition coefficient (Wildman–Crippen LogP) is 3.79.